The highest BCUT2D eigenvalue weighted by Crippen LogP contribution is 2.28. The Labute approximate surface area is 156 Å². The molecule has 1 heterocycles. The fraction of sp³-hybridized carbons (Fsp3) is 0.111. The van der Waals surface area contributed by atoms with E-state index in [1.807, 2.05) is 0 Å². The van der Waals surface area contributed by atoms with Crippen molar-refractivity contribution in [2.75, 3.05) is 5.32 Å². The number of carbonyl (C=O) groups excluding carboxylic acids is 1. The zero-order valence-electron chi connectivity index (χ0n) is 13.5. The zero-order valence-corrected chi connectivity index (χ0v) is 15.1. The number of hydrogen-bond donors (Lipinski definition) is 1. The predicted octanol–water partition coefficient (Wildman–Crippen LogP) is 5.35. The lowest BCUT2D eigenvalue weighted by Gasteiger charge is -2.10. The Balaban J connectivity index is 1.65. The lowest BCUT2D eigenvalue weighted by atomic mass is 10.2. The Morgan fingerprint density at radius 2 is 1.85 bits per heavy atom. The predicted molar refractivity (Wildman–Crippen MR) is 97.8 cm³/mol. The van der Waals surface area contributed by atoms with Crippen LogP contribution < -0.4 is 5.32 Å². The van der Waals surface area contributed by atoms with Crippen molar-refractivity contribution in [1.29, 1.82) is 0 Å². The van der Waals surface area contributed by atoms with Crippen LogP contribution in [0.25, 0.3) is 11.3 Å². The molecule has 1 aromatic heterocycles. The van der Waals surface area contributed by atoms with E-state index in [0.717, 1.165) is 17.0 Å². The lowest BCUT2D eigenvalue weighted by Crippen LogP contribution is -2.22. The monoisotopic (exact) mass is 394 g/mol. The third-order valence-corrected chi connectivity index (χ3v) is 5.32. The number of amides is 1. The second-order valence-corrected chi connectivity index (χ2v) is 7.64. The molecule has 0 bridgehead atoms. The molecule has 0 saturated heterocycles. The topological polar surface area (TPSA) is 42.0 Å². The summed E-state index contributed by atoms with van der Waals surface area (Å²) in [4.78, 5) is 17.3. The van der Waals surface area contributed by atoms with Crippen LogP contribution in [0.15, 0.2) is 52.7 Å². The summed E-state index contributed by atoms with van der Waals surface area (Å²) in [6.45, 7) is 1.73. The van der Waals surface area contributed by atoms with Crippen LogP contribution in [0.5, 0.6) is 0 Å². The third kappa shape index (κ3) is 4.44. The Kier molecular flexibility index (Phi) is 5.63. The van der Waals surface area contributed by atoms with E-state index in [1.165, 1.54) is 41.3 Å². The number of carbonyl (C=O) groups is 1. The molecule has 3 aromatic rings. The molecule has 0 aliphatic rings. The molecule has 1 N–H and O–H groups in total. The van der Waals surface area contributed by atoms with Gasteiger partial charge >= 0.3 is 0 Å². The molecule has 1 atom stereocenters. The maximum absolute atomic E-state index is 13.3. The number of anilines is 1. The van der Waals surface area contributed by atoms with Crippen LogP contribution >= 0.6 is 23.1 Å². The number of thiazole rings is 1. The number of nitrogens with zero attached hydrogens (tertiary/aromatic N) is 1. The molecule has 8 heteroatoms. The van der Waals surface area contributed by atoms with Gasteiger partial charge in [-0.05, 0) is 49.4 Å². The van der Waals surface area contributed by atoms with Gasteiger partial charge in [-0.1, -0.05) is 0 Å². The summed E-state index contributed by atoms with van der Waals surface area (Å²) in [5, 5.41) is 4.29. The van der Waals surface area contributed by atoms with Gasteiger partial charge in [-0.2, -0.15) is 0 Å². The van der Waals surface area contributed by atoms with E-state index in [4.69, 9.17) is 0 Å². The van der Waals surface area contributed by atoms with Gasteiger partial charge in [0.05, 0.1) is 10.9 Å². The Hall–Kier alpha value is -2.32. The summed E-state index contributed by atoms with van der Waals surface area (Å²) in [6, 6.07) is 9.39. The van der Waals surface area contributed by atoms with Crippen LogP contribution in [-0.4, -0.2) is 16.1 Å². The number of aromatic nitrogens is 1. The maximum Gasteiger partial charge on any atom is 0.239 e. The summed E-state index contributed by atoms with van der Waals surface area (Å²) in [5.74, 6) is -2.47. The van der Waals surface area contributed by atoms with E-state index in [9.17, 15) is 18.0 Å². The van der Waals surface area contributed by atoms with Gasteiger partial charge < -0.3 is 5.32 Å². The van der Waals surface area contributed by atoms with Crippen molar-refractivity contribution < 1.29 is 18.0 Å². The molecular formula is C18H13F3N2OS2. The van der Waals surface area contributed by atoms with Crippen LogP contribution in [0.1, 0.15) is 6.92 Å². The molecule has 134 valence electrons. The summed E-state index contributed by atoms with van der Waals surface area (Å²) < 4.78 is 39.3. The Bertz CT molecular complexity index is 928. The van der Waals surface area contributed by atoms with Crippen molar-refractivity contribution in [3.05, 3.63) is 65.3 Å². The first-order valence-electron chi connectivity index (χ1n) is 7.56. The molecule has 26 heavy (non-hydrogen) atoms. The standard InChI is InChI=1S/C18H13F3N2OS2/c1-10(26-13-5-3-12(19)4-6-13)17(24)23-18-22-16(9-25-18)11-2-7-14(20)15(21)8-11/h2-10H,1H3,(H,22,23,24)/t10-/m0/s1. The molecule has 3 rings (SSSR count). The quantitative estimate of drug-likeness (QED) is 0.594. The van der Waals surface area contributed by atoms with Crippen molar-refractivity contribution in [3.63, 3.8) is 0 Å². The van der Waals surface area contributed by atoms with E-state index in [0.29, 0.717) is 16.4 Å². The fourth-order valence-corrected chi connectivity index (χ4v) is 3.69. The average Bonchev–Trinajstić information content (AvgIpc) is 3.07. The summed E-state index contributed by atoms with van der Waals surface area (Å²) in [5.41, 5.74) is 0.873. The molecule has 0 aliphatic carbocycles. The highest BCUT2D eigenvalue weighted by Gasteiger charge is 2.17. The smallest absolute Gasteiger partial charge is 0.239 e. The number of nitrogens with one attached hydrogen (secondary N) is 1. The highest BCUT2D eigenvalue weighted by molar-refractivity contribution is 8.00. The van der Waals surface area contributed by atoms with Crippen molar-refractivity contribution in [3.8, 4) is 11.3 Å². The minimum absolute atomic E-state index is 0.259. The Morgan fingerprint density at radius 1 is 1.12 bits per heavy atom. The van der Waals surface area contributed by atoms with Crippen LogP contribution in [-0.2, 0) is 4.79 Å². The van der Waals surface area contributed by atoms with Gasteiger partial charge in [-0.15, -0.1) is 23.1 Å². The molecule has 0 radical (unpaired) electrons. The maximum atomic E-state index is 13.3. The first kappa shape index (κ1) is 18.5. The molecular weight excluding hydrogens is 381 g/mol. The van der Waals surface area contributed by atoms with Gasteiger partial charge in [0.2, 0.25) is 5.91 Å². The average molecular weight is 394 g/mol. The molecule has 2 aromatic carbocycles. The SMILES string of the molecule is C[C@H](Sc1ccc(F)cc1)C(=O)Nc1nc(-c2ccc(F)c(F)c2)cs1. The number of thioether (sulfide) groups is 1. The van der Waals surface area contributed by atoms with Gasteiger partial charge in [0.15, 0.2) is 16.8 Å². The first-order chi connectivity index (χ1) is 12.4. The third-order valence-electron chi connectivity index (χ3n) is 3.45. The van der Waals surface area contributed by atoms with Gasteiger partial charge in [0.25, 0.3) is 0 Å². The Morgan fingerprint density at radius 3 is 2.54 bits per heavy atom. The molecule has 0 aliphatic heterocycles. The van der Waals surface area contributed by atoms with Gasteiger partial charge in [-0.25, -0.2) is 18.2 Å². The molecule has 3 nitrogen and oxygen atoms in total. The minimum Gasteiger partial charge on any atom is -0.301 e. The van der Waals surface area contributed by atoms with Gasteiger partial charge in [0.1, 0.15) is 5.82 Å². The number of rotatable bonds is 5. The number of benzene rings is 2. The molecule has 1 amide bonds. The van der Waals surface area contributed by atoms with Gasteiger partial charge in [0, 0.05) is 15.8 Å². The van der Waals surface area contributed by atoms with Crippen molar-refractivity contribution in [2.45, 2.75) is 17.1 Å². The summed E-state index contributed by atoms with van der Waals surface area (Å²) in [7, 11) is 0. The summed E-state index contributed by atoms with van der Waals surface area (Å²) in [6.07, 6.45) is 0. The van der Waals surface area contributed by atoms with E-state index >= 15 is 0 Å². The van der Waals surface area contributed by atoms with Crippen molar-refractivity contribution in [1.82, 2.24) is 4.98 Å². The second-order valence-electron chi connectivity index (χ2n) is 5.37. The molecule has 0 fully saturated rings. The molecule has 0 spiro atoms. The van der Waals surface area contributed by atoms with Crippen LogP contribution in [0.2, 0.25) is 0 Å². The molecule has 0 unspecified atom stereocenters. The largest absolute Gasteiger partial charge is 0.301 e. The van der Waals surface area contributed by atoms with E-state index in [1.54, 1.807) is 24.4 Å². The van der Waals surface area contributed by atoms with Gasteiger partial charge in [-0.3, -0.25) is 4.79 Å². The van der Waals surface area contributed by atoms with E-state index in [-0.39, 0.29) is 11.7 Å². The number of halogens is 3. The first-order valence-corrected chi connectivity index (χ1v) is 9.32. The zero-order chi connectivity index (χ0) is 18.7. The normalized spacial score (nSPS) is 12.0. The van der Waals surface area contributed by atoms with E-state index < -0.39 is 16.9 Å². The fourth-order valence-electron chi connectivity index (χ4n) is 2.10. The second kappa shape index (κ2) is 7.92. The summed E-state index contributed by atoms with van der Waals surface area (Å²) >= 11 is 2.48. The number of hydrogen-bond acceptors (Lipinski definition) is 4. The van der Waals surface area contributed by atoms with Crippen LogP contribution in [0.4, 0.5) is 18.3 Å². The lowest BCUT2D eigenvalue weighted by molar-refractivity contribution is -0.115. The highest BCUT2D eigenvalue weighted by atomic mass is 32.2. The minimum atomic E-state index is -0.953. The van der Waals surface area contributed by atoms with Crippen molar-refractivity contribution in [2.24, 2.45) is 0 Å². The van der Waals surface area contributed by atoms with E-state index in [2.05, 4.69) is 10.3 Å². The van der Waals surface area contributed by atoms with Crippen LogP contribution in [0.3, 0.4) is 0 Å². The molecule has 0 saturated carbocycles. The van der Waals surface area contributed by atoms with Crippen LogP contribution in [0, 0.1) is 17.5 Å². The van der Waals surface area contributed by atoms with Crippen molar-refractivity contribution >= 4 is 34.1 Å².